The third kappa shape index (κ3) is 5.92. The molecule has 1 amide bonds. The Morgan fingerprint density at radius 1 is 1.35 bits per heavy atom. The van der Waals surface area contributed by atoms with E-state index in [9.17, 15) is 14.3 Å². The molecule has 0 saturated heterocycles. The van der Waals surface area contributed by atoms with Crippen LogP contribution in [0.5, 0.6) is 0 Å². The number of hydrogen-bond acceptors (Lipinski definition) is 3. The zero-order valence-electron chi connectivity index (χ0n) is 13.8. The summed E-state index contributed by atoms with van der Waals surface area (Å²) in [5.74, 6) is -0.430. The quantitative estimate of drug-likeness (QED) is 0.811. The Morgan fingerprint density at radius 2 is 2.04 bits per heavy atom. The number of carbonyl (C=O) groups excluding carboxylic acids is 1. The molecule has 4 nitrogen and oxygen atoms in total. The smallest absolute Gasteiger partial charge is 0.234 e. The predicted octanol–water partition coefficient (Wildman–Crippen LogP) is 2.46. The predicted molar refractivity (Wildman–Crippen MR) is 88.4 cm³/mol. The molecule has 0 heterocycles. The van der Waals surface area contributed by atoms with Gasteiger partial charge in [-0.05, 0) is 25.8 Å². The largest absolute Gasteiger partial charge is 0.392 e. The third-order valence-electron chi connectivity index (χ3n) is 4.37. The van der Waals surface area contributed by atoms with Crippen LogP contribution >= 0.6 is 0 Å². The van der Waals surface area contributed by atoms with Gasteiger partial charge in [0, 0.05) is 24.7 Å². The average molecular weight is 322 g/mol. The molecular weight excluding hydrogens is 295 g/mol. The first-order chi connectivity index (χ1) is 11.1. The Morgan fingerprint density at radius 3 is 2.70 bits per heavy atom. The van der Waals surface area contributed by atoms with Gasteiger partial charge in [0.25, 0.3) is 0 Å². The normalized spacial score (nSPS) is 17.2. The van der Waals surface area contributed by atoms with Gasteiger partial charge in [-0.25, -0.2) is 4.39 Å². The molecule has 23 heavy (non-hydrogen) atoms. The Bertz CT molecular complexity index is 502. The van der Waals surface area contributed by atoms with Crippen molar-refractivity contribution < 1.29 is 14.3 Å². The van der Waals surface area contributed by atoms with Crippen LogP contribution in [0.15, 0.2) is 24.3 Å². The minimum absolute atomic E-state index is 0.125. The summed E-state index contributed by atoms with van der Waals surface area (Å²) >= 11 is 0. The van der Waals surface area contributed by atoms with Gasteiger partial charge in [-0.3, -0.25) is 9.69 Å². The van der Waals surface area contributed by atoms with Gasteiger partial charge in [-0.1, -0.05) is 37.5 Å². The van der Waals surface area contributed by atoms with E-state index in [0.29, 0.717) is 18.2 Å². The number of aliphatic hydroxyl groups excluding tert-OH is 1. The molecule has 5 heteroatoms. The van der Waals surface area contributed by atoms with E-state index in [4.69, 9.17) is 0 Å². The van der Waals surface area contributed by atoms with Crippen LogP contribution in [-0.4, -0.2) is 41.1 Å². The second-order valence-electron chi connectivity index (χ2n) is 6.44. The van der Waals surface area contributed by atoms with Gasteiger partial charge in [-0.2, -0.15) is 0 Å². The van der Waals surface area contributed by atoms with Crippen LogP contribution in [0.1, 0.15) is 44.6 Å². The SMILES string of the molecule is CC(O)CN(CC(=O)NCc1ccccc1F)C1CCCCC1. The molecule has 1 unspecified atom stereocenters. The molecule has 2 N–H and O–H groups in total. The van der Waals surface area contributed by atoms with Crippen LogP contribution < -0.4 is 5.32 Å². The minimum atomic E-state index is -0.462. The lowest BCUT2D eigenvalue weighted by Gasteiger charge is -2.34. The average Bonchev–Trinajstić information content (AvgIpc) is 2.54. The van der Waals surface area contributed by atoms with Crippen molar-refractivity contribution in [1.82, 2.24) is 10.2 Å². The minimum Gasteiger partial charge on any atom is -0.392 e. The van der Waals surface area contributed by atoms with Gasteiger partial charge >= 0.3 is 0 Å². The number of halogens is 1. The summed E-state index contributed by atoms with van der Waals surface area (Å²) in [5.41, 5.74) is 0.487. The first-order valence-corrected chi connectivity index (χ1v) is 8.48. The van der Waals surface area contributed by atoms with Crippen LogP contribution in [0.3, 0.4) is 0 Å². The maximum absolute atomic E-state index is 13.6. The van der Waals surface area contributed by atoms with E-state index in [-0.39, 0.29) is 24.8 Å². The van der Waals surface area contributed by atoms with Crippen molar-refractivity contribution in [3.05, 3.63) is 35.6 Å². The highest BCUT2D eigenvalue weighted by molar-refractivity contribution is 5.78. The highest BCUT2D eigenvalue weighted by Gasteiger charge is 2.24. The molecule has 128 valence electrons. The first kappa shape index (κ1) is 17.9. The number of amides is 1. The van der Waals surface area contributed by atoms with Gasteiger partial charge in [0.2, 0.25) is 5.91 Å². The summed E-state index contributed by atoms with van der Waals surface area (Å²) in [5, 5.41) is 12.5. The standard InChI is InChI=1S/C18H27FN2O2/c1-14(22)12-21(16-8-3-2-4-9-16)13-18(23)20-11-15-7-5-6-10-17(15)19/h5-7,10,14,16,22H,2-4,8-9,11-13H2,1H3,(H,20,23). The summed E-state index contributed by atoms with van der Waals surface area (Å²) in [4.78, 5) is 14.3. The number of benzene rings is 1. The lowest BCUT2D eigenvalue weighted by atomic mass is 9.94. The maximum atomic E-state index is 13.6. The Hall–Kier alpha value is -1.46. The van der Waals surface area contributed by atoms with Gasteiger partial charge in [0.15, 0.2) is 0 Å². The second-order valence-corrected chi connectivity index (χ2v) is 6.44. The van der Waals surface area contributed by atoms with E-state index < -0.39 is 6.10 Å². The number of nitrogens with zero attached hydrogens (tertiary/aromatic N) is 1. The van der Waals surface area contributed by atoms with Crippen molar-refractivity contribution >= 4 is 5.91 Å². The molecule has 1 aliphatic rings. The molecule has 1 saturated carbocycles. The number of aliphatic hydroxyl groups is 1. The monoisotopic (exact) mass is 322 g/mol. The van der Waals surface area contributed by atoms with Crippen molar-refractivity contribution in [2.75, 3.05) is 13.1 Å². The number of hydrogen-bond donors (Lipinski definition) is 2. The summed E-state index contributed by atoms with van der Waals surface area (Å²) in [6.45, 7) is 2.69. The fourth-order valence-electron chi connectivity index (χ4n) is 3.20. The maximum Gasteiger partial charge on any atom is 0.234 e. The van der Waals surface area contributed by atoms with Gasteiger partial charge < -0.3 is 10.4 Å². The molecule has 1 aromatic carbocycles. The van der Waals surface area contributed by atoms with E-state index in [2.05, 4.69) is 10.2 Å². The third-order valence-corrected chi connectivity index (χ3v) is 4.37. The molecule has 1 atom stereocenters. The molecular formula is C18H27FN2O2. The lowest BCUT2D eigenvalue weighted by Crippen LogP contribution is -2.46. The van der Waals surface area contributed by atoms with Crippen molar-refractivity contribution in [3.8, 4) is 0 Å². The first-order valence-electron chi connectivity index (χ1n) is 8.48. The van der Waals surface area contributed by atoms with Gasteiger partial charge in [0.1, 0.15) is 5.82 Å². The number of rotatable bonds is 7. The molecule has 0 aliphatic heterocycles. The van der Waals surface area contributed by atoms with E-state index in [0.717, 1.165) is 12.8 Å². The summed E-state index contributed by atoms with van der Waals surface area (Å²) in [6, 6.07) is 6.81. The summed E-state index contributed by atoms with van der Waals surface area (Å²) in [6.07, 6.45) is 5.30. The highest BCUT2D eigenvalue weighted by atomic mass is 19.1. The van der Waals surface area contributed by atoms with Gasteiger partial charge in [-0.15, -0.1) is 0 Å². The molecule has 1 fully saturated rings. The van der Waals surface area contributed by atoms with E-state index in [1.54, 1.807) is 25.1 Å². The Balaban J connectivity index is 1.87. The molecule has 1 aliphatic carbocycles. The van der Waals surface area contributed by atoms with Crippen LogP contribution in [0.4, 0.5) is 4.39 Å². The molecule has 1 aromatic rings. The number of carbonyl (C=O) groups is 1. The van der Waals surface area contributed by atoms with Crippen molar-refractivity contribution in [2.45, 2.75) is 57.7 Å². The lowest BCUT2D eigenvalue weighted by molar-refractivity contribution is -0.123. The van der Waals surface area contributed by atoms with Crippen LogP contribution in [-0.2, 0) is 11.3 Å². The van der Waals surface area contributed by atoms with Gasteiger partial charge in [0.05, 0.1) is 12.6 Å². The van der Waals surface area contributed by atoms with Crippen molar-refractivity contribution in [1.29, 1.82) is 0 Å². The van der Waals surface area contributed by atoms with E-state index >= 15 is 0 Å². The van der Waals surface area contributed by atoms with Crippen LogP contribution in [0.2, 0.25) is 0 Å². The zero-order valence-corrected chi connectivity index (χ0v) is 13.8. The van der Waals surface area contributed by atoms with Crippen LogP contribution in [0, 0.1) is 5.82 Å². The zero-order chi connectivity index (χ0) is 16.7. The summed E-state index contributed by atoms with van der Waals surface area (Å²) < 4.78 is 13.6. The molecule has 0 spiro atoms. The Kier molecular flexibility index (Phi) is 6.99. The molecule has 0 bridgehead atoms. The second kappa shape index (κ2) is 8.99. The molecule has 0 radical (unpaired) electrons. The fourth-order valence-corrected chi connectivity index (χ4v) is 3.20. The molecule has 2 rings (SSSR count). The van der Waals surface area contributed by atoms with Crippen LogP contribution in [0.25, 0.3) is 0 Å². The van der Waals surface area contributed by atoms with E-state index in [1.807, 2.05) is 0 Å². The summed E-state index contributed by atoms with van der Waals surface area (Å²) in [7, 11) is 0. The molecule has 0 aromatic heterocycles. The van der Waals surface area contributed by atoms with E-state index in [1.165, 1.54) is 25.3 Å². The van der Waals surface area contributed by atoms with Crippen molar-refractivity contribution in [2.24, 2.45) is 0 Å². The fraction of sp³-hybridized carbons (Fsp3) is 0.611. The topological polar surface area (TPSA) is 52.6 Å². The highest BCUT2D eigenvalue weighted by Crippen LogP contribution is 2.22. The number of nitrogens with one attached hydrogen (secondary N) is 1. The van der Waals surface area contributed by atoms with Crippen molar-refractivity contribution in [3.63, 3.8) is 0 Å². The Labute approximate surface area is 137 Å².